The second-order valence-electron chi connectivity index (χ2n) is 3.34. The molecule has 1 aliphatic heterocycles. The third-order valence-corrected chi connectivity index (χ3v) is 2.56. The van der Waals surface area contributed by atoms with Gasteiger partial charge in [-0.3, -0.25) is 4.79 Å². The first-order chi connectivity index (χ1) is 6.75. The summed E-state index contributed by atoms with van der Waals surface area (Å²) in [5.74, 6) is 1.20. The fourth-order valence-corrected chi connectivity index (χ4v) is 1.72. The lowest BCUT2D eigenvalue weighted by molar-refractivity contribution is -0.119. The van der Waals surface area contributed by atoms with E-state index < -0.39 is 0 Å². The molecule has 0 unspecified atom stereocenters. The van der Waals surface area contributed by atoms with Crippen LogP contribution in [0.2, 0.25) is 5.15 Å². The first-order valence-electron chi connectivity index (χ1n) is 4.65. The number of aromatic nitrogens is 1. The van der Waals surface area contributed by atoms with Gasteiger partial charge in [-0.25, -0.2) is 4.98 Å². The third-order valence-electron chi connectivity index (χ3n) is 2.35. The smallest absolute Gasteiger partial charge is 0.136 e. The number of Topliss-reactive ketones (excluding diaryl/α,β-unsaturated/α-hetero) is 1. The van der Waals surface area contributed by atoms with E-state index >= 15 is 0 Å². The number of pyridine rings is 1. The Hall–Kier alpha value is -1.09. The normalized spacial score (nSPS) is 17.2. The van der Waals surface area contributed by atoms with E-state index in [1.807, 2.05) is 12.1 Å². The average Bonchev–Trinajstić information content (AvgIpc) is 2.19. The molecule has 1 aromatic rings. The van der Waals surface area contributed by atoms with Crippen molar-refractivity contribution in [1.82, 2.24) is 4.98 Å². The highest BCUT2D eigenvalue weighted by molar-refractivity contribution is 6.29. The molecule has 1 saturated heterocycles. The molecule has 0 saturated carbocycles. The standard InChI is InChI=1S/C10H11ClN2O/c11-9-2-1-3-10(12-9)13-6-4-8(14)5-7-13/h1-3H,4-7H2. The van der Waals surface area contributed by atoms with Gasteiger partial charge in [-0.2, -0.15) is 0 Å². The van der Waals surface area contributed by atoms with Gasteiger partial charge in [0, 0.05) is 25.9 Å². The van der Waals surface area contributed by atoms with Crippen LogP contribution in [0.4, 0.5) is 5.82 Å². The maximum absolute atomic E-state index is 11.0. The van der Waals surface area contributed by atoms with Gasteiger partial charge in [-0.15, -0.1) is 0 Å². The summed E-state index contributed by atoms with van der Waals surface area (Å²) in [6.45, 7) is 1.51. The fourth-order valence-electron chi connectivity index (χ4n) is 1.56. The number of rotatable bonds is 1. The van der Waals surface area contributed by atoms with Crippen molar-refractivity contribution >= 4 is 23.2 Å². The molecule has 0 spiro atoms. The Morgan fingerprint density at radius 2 is 2.00 bits per heavy atom. The summed E-state index contributed by atoms with van der Waals surface area (Å²) in [6.07, 6.45) is 1.24. The summed E-state index contributed by atoms with van der Waals surface area (Å²) in [5, 5.41) is 0.499. The fraction of sp³-hybridized carbons (Fsp3) is 0.400. The van der Waals surface area contributed by atoms with E-state index in [1.165, 1.54) is 0 Å². The van der Waals surface area contributed by atoms with Gasteiger partial charge < -0.3 is 4.90 Å². The van der Waals surface area contributed by atoms with Crippen molar-refractivity contribution < 1.29 is 4.79 Å². The molecule has 0 aromatic carbocycles. The number of carbonyl (C=O) groups is 1. The molecule has 0 N–H and O–H groups in total. The highest BCUT2D eigenvalue weighted by Crippen LogP contribution is 2.17. The summed E-state index contributed by atoms with van der Waals surface area (Å²) in [7, 11) is 0. The van der Waals surface area contributed by atoms with Crippen molar-refractivity contribution in [3.8, 4) is 0 Å². The molecular weight excluding hydrogens is 200 g/mol. The molecule has 0 radical (unpaired) electrons. The number of anilines is 1. The van der Waals surface area contributed by atoms with Gasteiger partial charge in [0.05, 0.1) is 0 Å². The van der Waals surface area contributed by atoms with E-state index in [0.717, 1.165) is 18.9 Å². The van der Waals surface area contributed by atoms with Crippen LogP contribution in [0.25, 0.3) is 0 Å². The minimum absolute atomic E-state index is 0.336. The van der Waals surface area contributed by atoms with E-state index in [4.69, 9.17) is 11.6 Å². The molecule has 1 aromatic heterocycles. The van der Waals surface area contributed by atoms with Crippen molar-refractivity contribution in [3.05, 3.63) is 23.4 Å². The van der Waals surface area contributed by atoms with Crippen LogP contribution in [-0.2, 0) is 4.79 Å². The molecule has 1 fully saturated rings. The van der Waals surface area contributed by atoms with Gasteiger partial charge in [0.25, 0.3) is 0 Å². The summed E-state index contributed by atoms with van der Waals surface area (Å²) in [6, 6.07) is 5.54. The number of ketones is 1. The van der Waals surface area contributed by atoms with Crippen molar-refractivity contribution in [2.45, 2.75) is 12.8 Å². The molecule has 2 heterocycles. The SMILES string of the molecule is O=C1CCN(c2cccc(Cl)n2)CC1. The molecule has 3 nitrogen and oxygen atoms in total. The van der Waals surface area contributed by atoms with Gasteiger partial charge in [0.1, 0.15) is 16.8 Å². The second-order valence-corrected chi connectivity index (χ2v) is 3.73. The molecule has 14 heavy (non-hydrogen) atoms. The Morgan fingerprint density at radius 1 is 1.29 bits per heavy atom. The molecule has 2 rings (SSSR count). The number of nitrogens with zero attached hydrogens (tertiary/aromatic N) is 2. The van der Waals surface area contributed by atoms with Gasteiger partial charge in [0.15, 0.2) is 0 Å². The highest BCUT2D eigenvalue weighted by Gasteiger charge is 2.16. The molecule has 4 heteroatoms. The van der Waals surface area contributed by atoms with Crippen molar-refractivity contribution in [2.75, 3.05) is 18.0 Å². The largest absolute Gasteiger partial charge is 0.356 e. The summed E-state index contributed by atoms with van der Waals surface area (Å²) < 4.78 is 0. The van der Waals surface area contributed by atoms with Crippen LogP contribution < -0.4 is 4.90 Å². The molecule has 0 atom stereocenters. The maximum Gasteiger partial charge on any atom is 0.136 e. The predicted octanol–water partition coefficient (Wildman–Crippen LogP) is 1.90. The number of piperidine rings is 1. The molecule has 0 aliphatic carbocycles. The lowest BCUT2D eigenvalue weighted by atomic mass is 10.1. The monoisotopic (exact) mass is 210 g/mol. The van der Waals surface area contributed by atoms with E-state index in [0.29, 0.717) is 23.8 Å². The Bertz CT molecular complexity index is 344. The van der Waals surface area contributed by atoms with Crippen LogP contribution in [0.5, 0.6) is 0 Å². The molecule has 0 bridgehead atoms. The Morgan fingerprint density at radius 3 is 2.64 bits per heavy atom. The second kappa shape index (κ2) is 3.96. The van der Waals surface area contributed by atoms with Crippen LogP contribution in [0, 0.1) is 0 Å². The molecule has 1 aliphatic rings. The Kier molecular flexibility index (Phi) is 2.68. The number of carbonyl (C=O) groups excluding carboxylic acids is 1. The minimum Gasteiger partial charge on any atom is -0.356 e. The van der Waals surface area contributed by atoms with Crippen molar-refractivity contribution in [3.63, 3.8) is 0 Å². The van der Waals surface area contributed by atoms with Crippen molar-refractivity contribution in [1.29, 1.82) is 0 Å². The zero-order valence-corrected chi connectivity index (χ0v) is 8.50. The Labute approximate surface area is 87.7 Å². The minimum atomic E-state index is 0.336. The number of hydrogen-bond donors (Lipinski definition) is 0. The van der Waals surface area contributed by atoms with Crippen LogP contribution in [-0.4, -0.2) is 23.9 Å². The molecular formula is C10H11ClN2O. The Balaban J connectivity index is 2.12. The van der Waals surface area contributed by atoms with Gasteiger partial charge in [-0.05, 0) is 12.1 Å². The number of halogens is 1. The van der Waals surface area contributed by atoms with E-state index in [2.05, 4.69) is 9.88 Å². The van der Waals surface area contributed by atoms with E-state index in [-0.39, 0.29) is 0 Å². The number of hydrogen-bond acceptors (Lipinski definition) is 3. The third kappa shape index (κ3) is 2.04. The molecule has 0 amide bonds. The molecule has 74 valence electrons. The van der Waals surface area contributed by atoms with Crippen LogP contribution in [0.15, 0.2) is 18.2 Å². The summed E-state index contributed by atoms with van der Waals surface area (Å²) in [5.41, 5.74) is 0. The van der Waals surface area contributed by atoms with Gasteiger partial charge >= 0.3 is 0 Å². The zero-order chi connectivity index (χ0) is 9.97. The van der Waals surface area contributed by atoms with Crippen molar-refractivity contribution in [2.24, 2.45) is 0 Å². The topological polar surface area (TPSA) is 33.2 Å². The maximum atomic E-state index is 11.0. The van der Waals surface area contributed by atoms with E-state index in [1.54, 1.807) is 6.07 Å². The van der Waals surface area contributed by atoms with Crippen LogP contribution in [0.1, 0.15) is 12.8 Å². The summed E-state index contributed by atoms with van der Waals surface area (Å²) >= 11 is 5.79. The van der Waals surface area contributed by atoms with E-state index in [9.17, 15) is 4.79 Å². The van der Waals surface area contributed by atoms with Gasteiger partial charge in [0.2, 0.25) is 0 Å². The highest BCUT2D eigenvalue weighted by atomic mass is 35.5. The lowest BCUT2D eigenvalue weighted by Crippen LogP contribution is -2.34. The van der Waals surface area contributed by atoms with Crippen LogP contribution >= 0.6 is 11.6 Å². The predicted molar refractivity (Wildman–Crippen MR) is 55.7 cm³/mol. The average molecular weight is 211 g/mol. The zero-order valence-electron chi connectivity index (χ0n) is 7.74. The van der Waals surface area contributed by atoms with Crippen LogP contribution in [0.3, 0.4) is 0 Å². The summed E-state index contributed by atoms with van der Waals surface area (Å²) in [4.78, 5) is 17.3. The quantitative estimate of drug-likeness (QED) is 0.664. The first kappa shape index (κ1) is 9.46. The van der Waals surface area contributed by atoms with Gasteiger partial charge in [-0.1, -0.05) is 17.7 Å². The first-order valence-corrected chi connectivity index (χ1v) is 5.03. The lowest BCUT2D eigenvalue weighted by Gasteiger charge is -2.26.